The number of rotatable bonds is 3. The summed E-state index contributed by atoms with van der Waals surface area (Å²) in [6.45, 7) is 0.634. The first-order chi connectivity index (χ1) is 10.6. The maximum absolute atomic E-state index is 13.1. The Morgan fingerprint density at radius 2 is 2.14 bits per heavy atom. The maximum Gasteiger partial charge on any atom is 0.274 e. The molecule has 1 aliphatic heterocycles. The third kappa shape index (κ3) is 2.15. The van der Waals surface area contributed by atoms with Gasteiger partial charge in [0.15, 0.2) is 0 Å². The summed E-state index contributed by atoms with van der Waals surface area (Å²) in [4.78, 5) is 14.0. The summed E-state index contributed by atoms with van der Waals surface area (Å²) >= 11 is 0. The normalized spacial score (nSPS) is 31.6. The molecule has 0 aromatic carbocycles. The standard InChI is InChI=1S/C16H21F2N3O/c17-15(18)16-7-11(16)8-21(9-16)14(22)13-6-12(19-20-13)10-4-2-1-3-5-10/h6,10-11,15H,1-5,7-9H2,(H,19,20). The van der Waals surface area contributed by atoms with Crippen molar-refractivity contribution in [3.05, 3.63) is 17.5 Å². The maximum atomic E-state index is 13.1. The Morgan fingerprint density at radius 3 is 2.82 bits per heavy atom. The van der Waals surface area contributed by atoms with Gasteiger partial charge >= 0.3 is 0 Å². The number of piperidine rings is 1. The van der Waals surface area contributed by atoms with Crippen LogP contribution in [-0.4, -0.2) is 40.5 Å². The zero-order valence-electron chi connectivity index (χ0n) is 12.5. The van der Waals surface area contributed by atoms with Gasteiger partial charge in [-0.2, -0.15) is 5.10 Å². The molecular weight excluding hydrogens is 288 g/mol. The molecule has 4 nitrogen and oxygen atoms in total. The number of halogens is 2. The lowest BCUT2D eigenvalue weighted by Crippen LogP contribution is -2.33. The number of alkyl halides is 2. The Balaban J connectivity index is 1.44. The van der Waals surface area contributed by atoms with Gasteiger partial charge in [-0.3, -0.25) is 9.89 Å². The van der Waals surface area contributed by atoms with Crippen LogP contribution in [0, 0.1) is 11.3 Å². The van der Waals surface area contributed by atoms with Crippen LogP contribution >= 0.6 is 0 Å². The number of aromatic nitrogens is 2. The van der Waals surface area contributed by atoms with E-state index in [1.54, 1.807) is 4.90 Å². The predicted molar refractivity (Wildman–Crippen MR) is 76.9 cm³/mol. The molecule has 3 fully saturated rings. The molecule has 120 valence electrons. The largest absolute Gasteiger partial charge is 0.336 e. The summed E-state index contributed by atoms with van der Waals surface area (Å²) in [5.74, 6) is 0.237. The van der Waals surface area contributed by atoms with Gasteiger partial charge in [-0.05, 0) is 31.2 Å². The number of carbonyl (C=O) groups is 1. The van der Waals surface area contributed by atoms with Crippen LogP contribution in [0.15, 0.2) is 6.07 Å². The lowest BCUT2D eigenvalue weighted by molar-refractivity contribution is 0.0485. The van der Waals surface area contributed by atoms with E-state index in [4.69, 9.17) is 0 Å². The summed E-state index contributed by atoms with van der Waals surface area (Å²) in [6.07, 6.45) is 4.22. The number of hydrogen-bond donors (Lipinski definition) is 1. The van der Waals surface area contributed by atoms with Gasteiger partial charge in [0.25, 0.3) is 5.91 Å². The molecule has 0 radical (unpaired) electrons. The van der Waals surface area contributed by atoms with E-state index in [-0.39, 0.29) is 18.4 Å². The quantitative estimate of drug-likeness (QED) is 0.932. The van der Waals surface area contributed by atoms with E-state index in [1.165, 1.54) is 19.3 Å². The van der Waals surface area contributed by atoms with Crippen LogP contribution in [-0.2, 0) is 0 Å². The van der Waals surface area contributed by atoms with Crippen molar-refractivity contribution in [2.24, 2.45) is 11.3 Å². The highest BCUT2D eigenvalue weighted by molar-refractivity contribution is 5.92. The van der Waals surface area contributed by atoms with Crippen LogP contribution in [0.3, 0.4) is 0 Å². The third-order valence-corrected chi connectivity index (χ3v) is 5.79. The molecule has 3 aliphatic rings. The van der Waals surface area contributed by atoms with Crippen molar-refractivity contribution in [1.29, 1.82) is 0 Å². The molecule has 2 unspecified atom stereocenters. The zero-order chi connectivity index (χ0) is 15.3. The average Bonchev–Trinajstić information content (AvgIpc) is 2.93. The number of nitrogens with one attached hydrogen (secondary N) is 1. The van der Waals surface area contributed by atoms with Crippen LogP contribution in [0.5, 0.6) is 0 Å². The summed E-state index contributed by atoms with van der Waals surface area (Å²) in [5.41, 5.74) is 0.486. The molecular formula is C16H21F2N3O. The Bertz CT molecular complexity index is 582. The van der Waals surface area contributed by atoms with Crippen LogP contribution in [0.1, 0.15) is 60.6 Å². The molecule has 1 aromatic heterocycles. The fourth-order valence-corrected chi connectivity index (χ4v) is 4.25. The molecule has 22 heavy (non-hydrogen) atoms. The lowest BCUT2D eigenvalue weighted by Gasteiger charge is -2.20. The average molecular weight is 309 g/mol. The number of aromatic amines is 1. The van der Waals surface area contributed by atoms with Crippen LogP contribution < -0.4 is 0 Å². The summed E-state index contributed by atoms with van der Waals surface area (Å²) < 4.78 is 26.2. The highest BCUT2D eigenvalue weighted by Gasteiger charge is 2.66. The van der Waals surface area contributed by atoms with Gasteiger partial charge in [-0.15, -0.1) is 0 Å². The van der Waals surface area contributed by atoms with E-state index >= 15 is 0 Å². The minimum atomic E-state index is -2.33. The van der Waals surface area contributed by atoms with E-state index in [1.807, 2.05) is 6.07 Å². The first-order valence-corrected chi connectivity index (χ1v) is 8.23. The highest BCUT2D eigenvalue weighted by atomic mass is 19.3. The van der Waals surface area contributed by atoms with Crippen LogP contribution in [0.4, 0.5) is 8.78 Å². The van der Waals surface area contributed by atoms with Crippen LogP contribution in [0.2, 0.25) is 0 Å². The van der Waals surface area contributed by atoms with Crippen molar-refractivity contribution < 1.29 is 13.6 Å². The molecule has 0 spiro atoms. The van der Waals surface area contributed by atoms with Gasteiger partial charge in [0.05, 0.1) is 5.41 Å². The van der Waals surface area contributed by atoms with Gasteiger partial charge < -0.3 is 4.90 Å². The van der Waals surface area contributed by atoms with E-state index in [0.29, 0.717) is 24.6 Å². The van der Waals surface area contributed by atoms with Crippen molar-refractivity contribution >= 4 is 5.91 Å². The van der Waals surface area contributed by atoms with Crippen molar-refractivity contribution in [3.63, 3.8) is 0 Å². The zero-order valence-corrected chi connectivity index (χ0v) is 12.5. The minimum Gasteiger partial charge on any atom is -0.336 e. The Morgan fingerprint density at radius 1 is 1.36 bits per heavy atom. The number of H-pyrrole nitrogens is 1. The molecule has 2 atom stereocenters. The van der Waals surface area contributed by atoms with Gasteiger partial charge in [-0.1, -0.05) is 19.3 Å². The monoisotopic (exact) mass is 309 g/mol. The van der Waals surface area contributed by atoms with Gasteiger partial charge in [0, 0.05) is 24.7 Å². The molecule has 1 N–H and O–H groups in total. The number of carbonyl (C=O) groups excluding carboxylic acids is 1. The highest BCUT2D eigenvalue weighted by Crippen LogP contribution is 2.61. The second-order valence-corrected chi connectivity index (χ2v) is 7.16. The number of nitrogens with zero attached hydrogens (tertiary/aromatic N) is 2. The van der Waals surface area contributed by atoms with Crippen molar-refractivity contribution in [3.8, 4) is 0 Å². The van der Waals surface area contributed by atoms with Crippen molar-refractivity contribution in [2.45, 2.75) is 50.9 Å². The Hall–Kier alpha value is -1.46. The SMILES string of the molecule is O=C(c1cc(C2CCCCC2)[nH]n1)N1CC2CC2(C(F)F)C1. The lowest BCUT2D eigenvalue weighted by atomic mass is 9.87. The van der Waals surface area contributed by atoms with E-state index in [2.05, 4.69) is 10.2 Å². The molecule has 2 heterocycles. The van der Waals surface area contributed by atoms with Crippen LogP contribution in [0.25, 0.3) is 0 Å². The second-order valence-electron chi connectivity index (χ2n) is 7.16. The summed E-state index contributed by atoms with van der Waals surface area (Å²) in [5, 5.41) is 7.13. The molecule has 1 amide bonds. The van der Waals surface area contributed by atoms with E-state index in [0.717, 1.165) is 18.5 Å². The Kier molecular flexibility index (Phi) is 3.24. The van der Waals surface area contributed by atoms with Gasteiger partial charge in [0.1, 0.15) is 5.69 Å². The third-order valence-electron chi connectivity index (χ3n) is 5.79. The predicted octanol–water partition coefficient (Wildman–Crippen LogP) is 3.18. The number of fused-ring (bicyclic) bond motifs is 1. The fraction of sp³-hybridized carbons (Fsp3) is 0.750. The molecule has 0 bridgehead atoms. The van der Waals surface area contributed by atoms with Crippen molar-refractivity contribution in [2.75, 3.05) is 13.1 Å². The molecule has 4 rings (SSSR count). The smallest absolute Gasteiger partial charge is 0.274 e. The van der Waals surface area contributed by atoms with Gasteiger partial charge in [0.2, 0.25) is 6.43 Å². The topological polar surface area (TPSA) is 49.0 Å². The summed E-state index contributed by atoms with van der Waals surface area (Å²) in [6, 6.07) is 1.83. The summed E-state index contributed by atoms with van der Waals surface area (Å²) in [7, 11) is 0. The second kappa shape index (κ2) is 5.03. The molecule has 1 aromatic rings. The first kappa shape index (κ1) is 14.2. The number of amides is 1. The van der Waals surface area contributed by atoms with Crippen molar-refractivity contribution in [1.82, 2.24) is 15.1 Å². The number of hydrogen-bond acceptors (Lipinski definition) is 2. The molecule has 1 saturated heterocycles. The number of likely N-dealkylation sites (tertiary alicyclic amines) is 1. The molecule has 6 heteroatoms. The molecule has 2 saturated carbocycles. The van der Waals surface area contributed by atoms with E-state index < -0.39 is 11.8 Å². The minimum absolute atomic E-state index is 0.0202. The molecule has 2 aliphatic carbocycles. The fourth-order valence-electron chi connectivity index (χ4n) is 4.25. The first-order valence-electron chi connectivity index (χ1n) is 8.23. The van der Waals surface area contributed by atoms with E-state index in [9.17, 15) is 13.6 Å². The Labute approximate surface area is 128 Å². The van der Waals surface area contributed by atoms with Gasteiger partial charge in [-0.25, -0.2) is 8.78 Å².